The first-order chi connectivity index (χ1) is 8.32. The minimum atomic E-state index is -3.76. The van der Waals surface area contributed by atoms with Gasteiger partial charge in [0.15, 0.2) is 0 Å². The molecule has 1 aliphatic rings. The Labute approximate surface area is 113 Å². The summed E-state index contributed by atoms with van der Waals surface area (Å²) in [5.41, 5.74) is 5.16. The standard InChI is InChI=1S/C10H12BrFN2O3S/c11-7-3-8(12)9(13)4-10(7)18(16,17)14-2-1-6(15)5-14/h3-4,6,15H,1-2,5,13H2/t6-/m1/s1. The third-order valence-corrected chi connectivity index (χ3v) is 5.62. The minimum Gasteiger partial charge on any atom is -0.396 e. The molecule has 1 saturated heterocycles. The zero-order valence-electron chi connectivity index (χ0n) is 9.31. The second kappa shape index (κ2) is 4.76. The molecule has 18 heavy (non-hydrogen) atoms. The zero-order chi connectivity index (χ0) is 13.5. The molecular formula is C10H12BrFN2O3S. The third kappa shape index (κ3) is 2.37. The summed E-state index contributed by atoms with van der Waals surface area (Å²) >= 11 is 3.02. The number of aliphatic hydroxyl groups excluding tert-OH is 1. The van der Waals surface area contributed by atoms with E-state index in [1.807, 2.05) is 0 Å². The Morgan fingerprint density at radius 3 is 2.72 bits per heavy atom. The lowest BCUT2D eigenvalue weighted by atomic mass is 10.3. The van der Waals surface area contributed by atoms with Crippen molar-refractivity contribution < 1.29 is 17.9 Å². The summed E-state index contributed by atoms with van der Waals surface area (Å²) in [5.74, 6) is -0.678. The molecule has 5 nitrogen and oxygen atoms in total. The van der Waals surface area contributed by atoms with Gasteiger partial charge in [-0.1, -0.05) is 0 Å². The van der Waals surface area contributed by atoms with E-state index < -0.39 is 21.9 Å². The van der Waals surface area contributed by atoms with Crippen LogP contribution in [0.25, 0.3) is 0 Å². The van der Waals surface area contributed by atoms with Gasteiger partial charge >= 0.3 is 0 Å². The summed E-state index contributed by atoms with van der Waals surface area (Å²) in [4.78, 5) is -0.0875. The number of halogens is 2. The van der Waals surface area contributed by atoms with Gasteiger partial charge in [0.25, 0.3) is 0 Å². The van der Waals surface area contributed by atoms with Gasteiger partial charge in [0.2, 0.25) is 10.0 Å². The Morgan fingerprint density at radius 1 is 1.50 bits per heavy atom. The first-order valence-corrected chi connectivity index (χ1v) is 7.48. The van der Waals surface area contributed by atoms with Gasteiger partial charge in [-0.15, -0.1) is 0 Å². The van der Waals surface area contributed by atoms with Crippen molar-refractivity contribution in [1.29, 1.82) is 0 Å². The maximum atomic E-state index is 13.2. The van der Waals surface area contributed by atoms with Crippen LogP contribution in [0.5, 0.6) is 0 Å². The number of nitrogen functional groups attached to an aromatic ring is 1. The van der Waals surface area contributed by atoms with Crippen molar-refractivity contribution in [2.24, 2.45) is 0 Å². The fourth-order valence-corrected chi connectivity index (χ4v) is 4.31. The van der Waals surface area contributed by atoms with Crippen LogP contribution in [0.4, 0.5) is 10.1 Å². The number of aliphatic hydroxyl groups is 1. The number of benzene rings is 1. The number of rotatable bonds is 2. The molecule has 0 bridgehead atoms. The number of hydrogen-bond acceptors (Lipinski definition) is 4. The van der Waals surface area contributed by atoms with E-state index >= 15 is 0 Å². The van der Waals surface area contributed by atoms with E-state index in [-0.39, 0.29) is 28.1 Å². The van der Waals surface area contributed by atoms with Crippen LogP contribution < -0.4 is 5.73 Å². The predicted molar refractivity (Wildman–Crippen MR) is 67.9 cm³/mol. The summed E-state index contributed by atoms with van der Waals surface area (Å²) in [6.07, 6.45) is -0.260. The van der Waals surface area contributed by atoms with E-state index in [0.717, 1.165) is 16.4 Å². The van der Waals surface area contributed by atoms with Gasteiger partial charge in [0.05, 0.1) is 16.7 Å². The van der Waals surface area contributed by atoms with Gasteiger partial charge in [0.1, 0.15) is 5.82 Å². The summed E-state index contributed by atoms with van der Waals surface area (Å²) in [7, 11) is -3.76. The highest BCUT2D eigenvalue weighted by Gasteiger charge is 2.33. The average molecular weight is 339 g/mol. The molecule has 0 unspecified atom stereocenters. The molecule has 1 aromatic rings. The molecule has 0 saturated carbocycles. The number of nitrogens with two attached hydrogens (primary N) is 1. The molecule has 1 fully saturated rings. The fourth-order valence-electron chi connectivity index (χ4n) is 1.81. The second-order valence-corrected chi connectivity index (χ2v) is 6.87. The largest absolute Gasteiger partial charge is 0.396 e. The highest BCUT2D eigenvalue weighted by Crippen LogP contribution is 2.30. The van der Waals surface area contributed by atoms with Crippen LogP contribution in [0, 0.1) is 5.82 Å². The lowest BCUT2D eigenvalue weighted by Crippen LogP contribution is -2.30. The van der Waals surface area contributed by atoms with Crippen LogP contribution in [0.3, 0.4) is 0 Å². The maximum absolute atomic E-state index is 13.2. The van der Waals surface area contributed by atoms with E-state index in [2.05, 4.69) is 15.9 Å². The first kappa shape index (κ1) is 13.7. The zero-order valence-corrected chi connectivity index (χ0v) is 11.7. The third-order valence-electron chi connectivity index (χ3n) is 2.80. The van der Waals surface area contributed by atoms with Gasteiger partial charge in [-0.3, -0.25) is 0 Å². The first-order valence-electron chi connectivity index (χ1n) is 5.25. The molecule has 0 aromatic heterocycles. The number of nitrogens with zero attached hydrogens (tertiary/aromatic N) is 1. The van der Waals surface area contributed by atoms with E-state index in [0.29, 0.717) is 6.42 Å². The van der Waals surface area contributed by atoms with Crippen molar-refractivity contribution in [3.05, 3.63) is 22.4 Å². The molecule has 1 aromatic carbocycles. The number of β-amino-alcohol motifs (C(OH)–C–C–N with tert-alkyl or cyclic N) is 1. The van der Waals surface area contributed by atoms with Crippen molar-refractivity contribution in [3.8, 4) is 0 Å². The highest BCUT2D eigenvalue weighted by atomic mass is 79.9. The SMILES string of the molecule is Nc1cc(S(=O)(=O)N2CC[C@@H](O)C2)c(Br)cc1F. The van der Waals surface area contributed by atoms with Crippen LogP contribution >= 0.6 is 15.9 Å². The molecule has 1 heterocycles. The van der Waals surface area contributed by atoms with Gasteiger partial charge in [-0.25, -0.2) is 12.8 Å². The fraction of sp³-hybridized carbons (Fsp3) is 0.400. The van der Waals surface area contributed by atoms with E-state index in [4.69, 9.17) is 5.73 Å². The quantitative estimate of drug-likeness (QED) is 0.785. The topological polar surface area (TPSA) is 83.6 Å². The number of sulfonamides is 1. The highest BCUT2D eigenvalue weighted by molar-refractivity contribution is 9.10. The second-order valence-electron chi connectivity index (χ2n) is 4.11. The summed E-state index contributed by atoms with van der Waals surface area (Å²) < 4.78 is 39.0. The minimum absolute atomic E-state index is 0.0477. The molecule has 1 aliphatic heterocycles. The monoisotopic (exact) mass is 338 g/mol. The van der Waals surface area contributed by atoms with Crippen molar-refractivity contribution in [1.82, 2.24) is 4.31 Å². The van der Waals surface area contributed by atoms with E-state index in [1.54, 1.807) is 0 Å². The molecule has 0 aliphatic carbocycles. The van der Waals surface area contributed by atoms with Crippen molar-refractivity contribution >= 4 is 31.6 Å². The van der Waals surface area contributed by atoms with Crippen molar-refractivity contribution in [2.45, 2.75) is 17.4 Å². The number of anilines is 1. The van der Waals surface area contributed by atoms with Crippen molar-refractivity contribution in [2.75, 3.05) is 18.8 Å². The van der Waals surface area contributed by atoms with Gasteiger partial charge in [0, 0.05) is 17.6 Å². The predicted octanol–water partition coefficient (Wildman–Crippen LogP) is 0.926. The molecule has 3 N–H and O–H groups in total. The lowest BCUT2D eigenvalue weighted by Gasteiger charge is -2.17. The van der Waals surface area contributed by atoms with Gasteiger partial charge < -0.3 is 10.8 Å². The van der Waals surface area contributed by atoms with Crippen LogP contribution in [0.1, 0.15) is 6.42 Å². The Balaban J connectivity index is 2.45. The lowest BCUT2D eigenvalue weighted by molar-refractivity contribution is 0.189. The molecule has 0 amide bonds. The smallest absolute Gasteiger partial charge is 0.244 e. The van der Waals surface area contributed by atoms with Crippen LogP contribution in [-0.4, -0.2) is 37.0 Å². The number of hydrogen-bond donors (Lipinski definition) is 2. The molecule has 0 radical (unpaired) electrons. The molecule has 1 atom stereocenters. The van der Waals surface area contributed by atoms with Crippen LogP contribution in [-0.2, 0) is 10.0 Å². The average Bonchev–Trinajstić information content (AvgIpc) is 2.70. The molecule has 100 valence electrons. The summed E-state index contributed by atoms with van der Waals surface area (Å²) in [6.45, 7) is 0.291. The van der Waals surface area contributed by atoms with Crippen molar-refractivity contribution in [3.63, 3.8) is 0 Å². The van der Waals surface area contributed by atoms with Gasteiger partial charge in [-0.05, 0) is 34.5 Å². The molecule has 0 spiro atoms. The van der Waals surface area contributed by atoms with Gasteiger partial charge in [-0.2, -0.15) is 4.31 Å². The molecular weight excluding hydrogens is 327 g/mol. The normalized spacial score (nSPS) is 21.4. The van der Waals surface area contributed by atoms with E-state index in [1.165, 1.54) is 0 Å². The summed E-state index contributed by atoms with van der Waals surface area (Å²) in [5, 5.41) is 9.38. The van der Waals surface area contributed by atoms with Crippen LogP contribution in [0.2, 0.25) is 0 Å². The molecule has 2 rings (SSSR count). The molecule has 8 heteroatoms. The van der Waals surface area contributed by atoms with E-state index in [9.17, 15) is 17.9 Å². The Morgan fingerprint density at radius 2 is 2.17 bits per heavy atom. The Hall–Kier alpha value is -0.700. The Kier molecular flexibility index (Phi) is 3.63. The van der Waals surface area contributed by atoms with Crippen LogP contribution in [0.15, 0.2) is 21.5 Å². The maximum Gasteiger partial charge on any atom is 0.244 e. The Bertz CT molecular complexity index is 579. The summed E-state index contributed by atoms with van der Waals surface area (Å²) in [6, 6.07) is 2.11.